The summed E-state index contributed by atoms with van der Waals surface area (Å²) < 4.78 is 0. The highest BCUT2D eigenvalue weighted by molar-refractivity contribution is 4.85. The van der Waals surface area contributed by atoms with Crippen LogP contribution in [0.2, 0.25) is 0 Å². The summed E-state index contributed by atoms with van der Waals surface area (Å²) >= 11 is 0. The summed E-state index contributed by atoms with van der Waals surface area (Å²) in [4.78, 5) is 0. The maximum absolute atomic E-state index is 3.77. The van der Waals surface area contributed by atoms with Crippen molar-refractivity contribution >= 4 is 0 Å². The molecule has 3 aliphatic carbocycles. The molecule has 0 spiro atoms. The highest BCUT2D eigenvalue weighted by atomic mass is 15.0. The Bertz CT molecular complexity index is 274. The second kappa shape index (κ2) is 6.58. The van der Waals surface area contributed by atoms with E-state index in [1.54, 1.807) is 0 Å². The summed E-state index contributed by atoms with van der Waals surface area (Å²) in [5.41, 5.74) is 0. The van der Waals surface area contributed by atoms with Crippen LogP contribution in [-0.2, 0) is 0 Å². The molecule has 2 nitrogen and oxygen atoms in total. The van der Waals surface area contributed by atoms with E-state index in [0.29, 0.717) is 6.04 Å². The molecule has 19 heavy (non-hydrogen) atoms. The van der Waals surface area contributed by atoms with Crippen molar-refractivity contribution < 1.29 is 0 Å². The second-order valence-electron chi connectivity index (χ2n) is 7.48. The molecule has 4 unspecified atom stereocenters. The van der Waals surface area contributed by atoms with Crippen LogP contribution < -0.4 is 10.6 Å². The van der Waals surface area contributed by atoms with Crippen molar-refractivity contribution in [1.29, 1.82) is 0 Å². The Labute approximate surface area is 119 Å². The van der Waals surface area contributed by atoms with Gasteiger partial charge in [-0.2, -0.15) is 0 Å². The summed E-state index contributed by atoms with van der Waals surface area (Å²) in [5, 5.41) is 7.40. The Hall–Kier alpha value is -0.0800. The van der Waals surface area contributed by atoms with Gasteiger partial charge in [0.25, 0.3) is 0 Å². The number of hydrogen-bond donors (Lipinski definition) is 2. The monoisotopic (exact) mass is 264 g/mol. The van der Waals surface area contributed by atoms with Crippen LogP contribution >= 0.6 is 0 Å². The Kier molecular flexibility index (Phi) is 4.81. The molecule has 3 fully saturated rings. The molecule has 0 amide bonds. The van der Waals surface area contributed by atoms with Crippen molar-refractivity contribution in [3.8, 4) is 0 Å². The van der Waals surface area contributed by atoms with E-state index in [2.05, 4.69) is 17.6 Å². The summed E-state index contributed by atoms with van der Waals surface area (Å²) in [7, 11) is 0. The molecule has 2 N–H and O–H groups in total. The lowest BCUT2D eigenvalue weighted by molar-refractivity contribution is 0.127. The van der Waals surface area contributed by atoms with Gasteiger partial charge >= 0.3 is 0 Å². The largest absolute Gasteiger partial charge is 0.313 e. The van der Waals surface area contributed by atoms with Gasteiger partial charge in [-0.1, -0.05) is 25.7 Å². The van der Waals surface area contributed by atoms with Crippen LogP contribution in [0.25, 0.3) is 0 Å². The molecule has 4 atom stereocenters. The van der Waals surface area contributed by atoms with E-state index < -0.39 is 0 Å². The van der Waals surface area contributed by atoms with Gasteiger partial charge in [0.15, 0.2) is 0 Å². The van der Waals surface area contributed by atoms with Gasteiger partial charge in [0.05, 0.1) is 0 Å². The van der Waals surface area contributed by atoms with E-state index in [-0.39, 0.29) is 0 Å². The van der Waals surface area contributed by atoms with E-state index >= 15 is 0 Å². The fourth-order valence-corrected chi connectivity index (χ4v) is 4.23. The fraction of sp³-hybridized carbons (Fsp3) is 1.00. The molecule has 110 valence electrons. The molecule has 2 heteroatoms. The average Bonchev–Trinajstić information content (AvgIpc) is 3.27. The van der Waals surface area contributed by atoms with Crippen LogP contribution in [-0.4, -0.2) is 25.2 Å². The van der Waals surface area contributed by atoms with Gasteiger partial charge in [0.2, 0.25) is 0 Å². The first kappa shape index (κ1) is 13.9. The van der Waals surface area contributed by atoms with Crippen LogP contribution in [0.15, 0.2) is 0 Å². The molecule has 3 saturated carbocycles. The highest BCUT2D eigenvalue weighted by Gasteiger charge is 2.32. The number of nitrogens with one attached hydrogen (secondary N) is 2. The van der Waals surface area contributed by atoms with Gasteiger partial charge < -0.3 is 10.6 Å². The maximum Gasteiger partial charge on any atom is 0.0164 e. The van der Waals surface area contributed by atoms with Crippen LogP contribution in [0, 0.1) is 17.8 Å². The van der Waals surface area contributed by atoms with Crippen molar-refractivity contribution in [2.24, 2.45) is 17.8 Å². The third kappa shape index (κ3) is 4.19. The minimum absolute atomic E-state index is 0.643. The van der Waals surface area contributed by atoms with E-state index in [9.17, 15) is 0 Å². The normalized spacial score (nSPS) is 36.8. The standard InChI is InChI=1S/C17H32N2/c1-13(11-19-17-8-9-17)18-12-14-6-7-15-4-2-3-5-16(15)10-14/h13-19H,2-12H2,1H3. The van der Waals surface area contributed by atoms with Crippen molar-refractivity contribution in [3.63, 3.8) is 0 Å². The van der Waals surface area contributed by atoms with Gasteiger partial charge in [0, 0.05) is 18.6 Å². The molecule has 0 aromatic rings. The van der Waals surface area contributed by atoms with Crippen LogP contribution in [0.1, 0.15) is 64.7 Å². The summed E-state index contributed by atoms with van der Waals surface area (Å²) in [6.07, 6.45) is 13.4. The second-order valence-corrected chi connectivity index (χ2v) is 7.48. The Morgan fingerprint density at radius 2 is 1.74 bits per heavy atom. The molecule has 0 heterocycles. The zero-order valence-electron chi connectivity index (χ0n) is 12.7. The Morgan fingerprint density at radius 1 is 0.947 bits per heavy atom. The number of hydrogen-bond acceptors (Lipinski definition) is 2. The number of rotatable bonds is 6. The summed E-state index contributed by atoms with van der Waals surface area (Å²) in [6, 6.07) is 1.49. The minimum atomic E-state index is 0.643. The predicted molar refractivity (Wildman–Crippen MR) is 81.3 cm³/mol. The van der Waals surface area contributed by atoms with Crippen molar-refractivity contribution in [1.82, 2.24) is 10.6 Å². The first-order chi connectivity index (χ1) is 9.31. The molecule has 0 bridgehead atoms. The molecule has 3 aliphatic rings. The van der Waals surface area contributed by atoms with Gasteiger partial charge in [0.1, 0.15) is 0 Å². The summed E-state index contributed by atoms with van der Waals surface area (Å²) in [6.45, 7) is 4.75. The van der Waals surface area contributed by atoms with Crippen molar-refractivity contribution in [2.45, 2.75) is 76.8 Å². The molecule has 0 aromatic heterocycles. The highest BCUT2D eigenvalue weighted by Crippen LogP contribution is 2.42. The number of fused-ring (bicyclic) bond motifs is 1. The predicted octanol–water partition coefficient (Wildman–Crippen LogP) is 3.32. The first-order valence-corrected chi connectivity index (χ1v) is 8.78. The molecular weight excluding hydrogens is 232 g/mol. The topological polar surface area (TPSA) is 24.1 Å². The zero-order valence-corrected chi connectivity index (χ0v) is 12.7. The van der Waals surface area contributed by atoms with E-state index in [1.165, 1.54) is 64.3 Å². The molecular formula is C17H32N2. The van der Waals surface area contributed by atoms with E-state index in [1.807, 2.05) is 0 Å². The first-order valence-electron chi connectivity index (χ1n) is 8.78. The average molecular weight is 264 g/mol. The molecule has 0 radical (unpaired) electrons. The van der Waals surface area contributed by atoms with Crippen molar-refractivity contribution in [3.05, 3.63) is 0 Å². The molecule has 0 aliphatic heterocycles. The molecule has 0 aromatic carbocycles. The van der Waals surface area contributed by atoms with Crippen LogP contribution in [0.5, 0.6) is 0 Å². The van der Waals surface area contributed by atoms with Crippen LogP contribution in [0.4, 0.5) is 0 Å². The third-order valence-corrected chi connectivity index (χ3v) is 5.69. The third-order valence-electron chi connectivity index (χ3n) is 5.69. The van der Waals surface area contributed by atoms with Gasteiger partial charge in [-0.3, -0.25) is 0 Å². The van der Waals surface area contributed by atoms with Gasteiger partial charge in [-0.05, 0) is 63.3 Å². The lowest BCUT2D eigenvalue weighted by atomic mass is 9.67. The molecule has 3 rings (SSSR count). The smallest absolute Gasteiger partial charge is 0.0164 e. The van der Waals surface area contributed by atoms with E-state index in [0.717, 1.165) is 30.3 Å². The Morgan fingerprint density at radius 3 is 2.53 bits per heavy atom. The lowest BCUT2D eigenvalue weighted by Crippen LogP contribution is -2.41. The lowest BCUT2D eigenvalue weighted by Gasteiger charge is -2.39. The Balaban J connectivity index is 1.33. The SMILES string of the molecule is CC(CNC1CC1)NCC1CCC2CCCCC2C1. The molecule has 0 saturated heterocycles. The fourth-order valence-electron chi connectivity index (χ4n) is 4.23. The van der Waals surface area contributed by atoms with Gasteiger partial charge in [-0.25, -0.2) is 0 Å². The summed E-state index contributed by atoms with van der Waals surface area (Å²) in [5.74, 6) is 3.14. The zero-order chi connectivity index (χ0) is 13.1. The van der Waals surface area contributed by atoms with E-state index in [4.69, 9.17) is 0 Å². The minimum Gasteiger partial charge on any atom is -0.313 e. The van der Waals surface area contributed by atoms with Crippen molar-refractivity contribution in [2.75, 3.05) is 13.1 Å². The van der Waals surface area contributed by atoms with Crippen LogP contribution in [0.3, 0.4) is 0 Å². The quantitative estimate of drug-likeness (QED) is 0.769. The maximum atomic E-state index is 3.77. The van der Waals surface area contributed by atoms with Gasteiger partial charge in [-0.15, -0.1) is 0 Å².